The van der Waals surface area contributed by atoms with E-state index in [0.29, 0.717) is 6.04 Å². The molecule has 1 aliphatic rings. The van der Waals surface area contributed by atoms with E-state index in [1.807, 2.05) is 0 Å². The molecule has 1 rings (SSSR count). The van der Waals surface area contributed by atoms with Crippen molar-refractivity contribution in [2.24, 2.45) is 5.92 Å². The Morgan fingerprint density at radius 1 is 1.29 bits per heavy atom. The van der Waals surface area contributed by atoms with Crippen LogP contribution in [0.2, 0.25) is 0 Å². The minimum atomic E-state index is 0.679. The van der Waals surface area contributed by atoms with Gasteiger partial charge in [-0.05, 0) is 33.0 Å². The third kappa shape index (κ3) is 4.57. The zero-order valence-corrected chi connectivity index (χ0v) is 12.4. The standard InChI is InChI=1S/C14H31N3/c1-6-8-13(15-7-2)10-17-9-12(3)14(11-17)16(4)5/h12-15H,6-11H2,1-5H3. The summed E-state index contributed by atoms with van der Waals surface area (Å²) in [6.45, 7) is 11.7. The molecule has 3 atom stereocenters. The van der Waals surface area contributed by atoms with Gasteiger partial charge in [-0.1, -0.05) is 27.2 Å². The molecule has 3 heteroatoms. The maximum absolute atomic E-state index is 3.61. The second kappa shape index (κ2) is 7.34. The molecule has 0 radical (unpaired) electrons. The molecular formula is C14H31N3. The molecule has 0 aromatic heterocycles. The van der Waals surface area contributed by atoms with Gasteiger partial charge in [-0.2, -0.15) is 0 Å². The number of likely N-dealkylation sites (N-methyl/N-ethyl adjacent to an activating group) is 2. The van der Waals surface area contributed by atoms with Crippen LogP contribution in [0.4, 0.5) is 0 Å². The molecule has 3 nitrogen and oxygen atoms in total. The van der Waals surface area contributed by atoms with Crippen LogP contribution < -0.4 is 5.32 Å². The van der Waals surface area contributed by atoms with Crippen LogP contribution in [-0.2, 0) is 0 Å². The largest absolute Gasteiger partial charge is 0.313 e. The van der Waals surface area contributed by atoms with Gasteiger partial charge in [0.1, 0.15) is 0 Å². The van der Waals surface area contributed by atoms with E-state index in [1.54, 1.807) is 0 Å². The molecule has 0 spiro atoms. The predicted molar refractivity (Wildman–Crippen MR) is 75.5 cm³/mol. The van der Waals surface area contributed by atoms with Crippen LogP contribution in [0.1, 0.15) is 33.6 Å². The third-order valence-corrected chi connectivity index (χ3v) is 3.92. The fraction of sp³-hybridized carbons (Fsp3) is 1.00. The van der Waals surface area contributed by atoms with Gasteiger partial charge >= 0.3 is 0 Å². The number of hydrogen-bond donors (Lipinski definition) is 1. The molecule has 0 saturated carbocycles. The summed E-state index contributed by atoms with van der Waals surface area (Å²) in [5.74, 6) is 0.800. The Morgan fingerprint density at radius 3 is 2.47 bits per heavy atom. The summed E-state index contributed by atoms with van der Waals surface area (Å²) in [4.78, 5) is 5.02. The highest BCUT2D eigenvalue weighted by molar-refractivity contribution is 4.88. The summed E-state index contributed by atoms with van der Waals surface area (Å²) in [5.41, 5.74) is 0. The molecule has 102 valence electrons. The lowest BCUT2D eigenvalue weighted by Gasteiger charge is -2.25. The van der Waals surface area contributed by atoms with Crippen molar-refractivity contribution < 1.29 is 0 Å². The lowest BCUT2D eigenvalue weighted by atomic mass is 10.1. The average Bonchev–Trinajstić information content (AvgIpc) is 2.60. The van der Waals surface area contributed by atoms with E-state index < -0.39 is 0 Å². The van der Waals surface area contributed by atoms with Gasteiger partial charge in [0, 0.05) is 31.7 Å². The zero-order valence-electron chi connectivity index (χ0n) is 12.4. The second-order valence-electron chi connectivity index (χ2n) is 5.77. The Bertz CT molecular complexity index is 200. The van der Waals surface area contributed by atoms with Gasteiger partial charge in [0.05, 0.1) is 0 Å². The molecule has 3 unspecified atom stereocenters. The molecule has 17 heavy (non-hydrogen) atoms. The SMILES string of the molecule is CCCC(CN1CC(C)C(N(C)C)C1)NCC. The van der Waals surface area contributed by atoms with Crippen molar-refractivity contribution in [2.45, 2.75) is 45.7 Å². The molecular weight excluding hydrogens is 210 g/mol. The Hall–Kier alpha value is -0.120. The Labute approximate surface area is 108 Å². The van der Waals surface area contributed by atoms with E-state index in [2.05, 4.69) is 50.0 Å². The number of rotatable bonds is 7. The molecule has 0 amide bonds. The first-order valence-corrected chi connectivity index (χ1v) is 7.20. The van der Waals surface area contributed by atoms with Gasteiger partial charge in [-0.15, -0.1) is 0 Å². The monoisotopic (exact) mass is 241 g/mol. The van der Waals surface area contributed by atoms with Gasteiger partial charge in [-0.3, -0.25) is 4.90 Å². The quantitative estimate of drug-likeness (QED) is 0.731. The summed E-state index contributed by atoms with van der Waals surface area (Å²) in [6, 6.07) is 1.41. The first-order chi connectivity index (χ1) is 8.08. The van der Waals surface area contributed by atoms with Crippen LogP contribution in [0, 0.1) is 5.92 Å². The zero-order chi connectivity index (χ0) is 12.8. The highest BCUT2D eigenvalue weighted by atomic mass is 15.2. The van der Waals surface area contributed by atoms with Crippen molar-refractivity contribution in [3.63, 3.8) is 0 Å². The van der Waals surface area contributed by atoms with E-state index in [4.69, 9.17) is 0 Å². The Balaban J connectivity index is 2.41. The molecule has 1 N–H and O–H groups in total. The summed E-state index contributed by atoms with van der Waals surface area (Å²) < 4.78 is 0. The van der Waals surface area contributed by atoms with Crippen molar-refractivity contribution in [3.05, 3.63) is 0 Å². The lowest BCUT2D eigenvalue weighted by molar-refractivity contribution is 0.240. The molecule has 0 aliphatic carbocycles. The van der Waals surface area contributed by atoms with Gasteiger partial charge in [0.25, 0.3) is 0 Å². The van der Waals surface area contributed by atoms with E-state index in [0.717, 1.165) is 18.5 Å². The van der Waals surface area contributed by atoms with Crippen LogP contribution in [-0.4, -0.2) is 62.2 Å². The summed E-state index contributed by atoms with van der Waals surface area (Å²) in [7, 11) is 4.41. The van der Waals surface area contributed by atoms with Crippen molar-refractivity contribution >= 4 is 0 Å². The van der Waals surface area contributed by atoms with E-state index in [1.165, 1.54) is 32.5 Å². The first-order valence-electron chi connectivity index (χ1n) is 7.20. The summed E-state index contributed by atoms with van der Waals surface area (Å²) in [6.07, 6.45) is 2.57. The van der Waals surface area contributed by atoms with Gasteiger partial charge in [0.2, 0.25) is 0 Å². The fourth-order valence-corrected chi connectivity index (χ4v) is 3.08. The summed E-state index contributed by atoms with van der Waals surface area (Å²) >= 11 is 0. The number of likely N-dealkylation sites (tertiary alicyclic amines) is 1. The van der Waals surface area contributed by atoms with Crippen LogP contribution >= 0.6 is 0 Å². The predicted octanol–water partition coefficient (Wildman–Crippen LogP) is 1.65. The maximum atomic E-state index is 3.61. The van der Waals surface area contributed by atoms with Crippen molar-refractivity contribution in [2.75, 3.05) is 40.3 Å². The Morgan fingerprint density at radius 2 is 2.00 bits per heavy atom. The molecule has 0 aromatic rings. The maximum Gasteiger partial charge on any atom is 0.0254 e. The van der Waals surface area contributed by atoms with E-state index in [9.17, 15) is 0 Å². The second-order valence-corrected chi connectivity index (χ2v) is 5.77. The molecule has 0 aromatic carbocycles. The number of nitrogens with zero attached hydrogens (tertiary/aromatic N) is 2. The number of nitrogens with one attached hydrogen (secondary N) is 1. The number of hydrogen-bond acceptors (Lipinski definition) is 3. The first kappa shape index (κ1) is 14.9. The molecule has 1 aliphatic heterocycles. The highest BCUT2D eigenvalue weighted by Crippen LogP contribution is 2.20. The third-order valence-electron chi connectivity index (χ3n) is 3.92. The molecule has 1 heterocycles. The minimum absolute atomic E-state index is 0.679. The molecule has 0 bridgehead atoms. The molecule has 1 fully saturated rings. The smallest absolute Gasteiger partial charge is 0.0254 e. The van der Waals surface area contributed by atoms with Crippen LogP contribution in [0.25, 0.3) is 0 Å². The van der Waals surface area contributed by atoms with E-state index >= 15 is 0 Å². The highest BCUT2D eigenvalue weighted by Gasteiger charge is 2.31. The minimum Gasteiger partial charge on any atom is -0.313 e. The van der Waals surface area contributed by atoms with Crippen molar-refractivity contribution in [1.82, 2.24) is 15.1 Å². The average molecular weight is 241 g/mol. The molecule has 1 saturated heterocycles. The Kier molecular flexibility index (Phi) is 6.45. The van der Waals surface area contributed by atoms with Crippen LogP contribution in [0.15, 0.2) is 0 Å². The van der Waals surface area contributed by atoms with Crippen LogP contribution in [0.3, 0.4) is 0 Å². The lowest BCUT2D eigenvalue weighted by Crippen LogP contribution is -2.41. The van der Waals surface area contributed by atoms with Gasteiger partial charge in [-0.25, -0.2) is 0 Å². The topological polar surface area (TPSA) is 18.5 Å². The van der Waals surface area contributed by atoms with Crippen molar-refractivity contribution in [3.8, 4) is 0 Å². The van der Waals surface area contributed by atoms with Gasteiger partial charge in [0.15, 0.2) is 0 Å². The van der Waals surface area contributed by atoms with E-state index in [-0.39, 0.29) is 0 Å². The van der Waals surface area contributed by atoms with Crippen molar-refractivity contribution in [1.29, 1.82) is 0 Å². The van der Waals surface area contributed by atoms with Gasteiger partial charge < -0.3 is 10.2 Å². The van der Waals surface area contributed by atoms with Crippen LogP contribution in [0.5, 0.6) is 0 Å². The fourth-order valence-electron chi connectivity index (χ4n) is 3.08. The summed E-state index contributed by atoms with van der Waals surface area (Å²) in [5, 5.41) is 3.61. The normalized spacial score (nSPS) is 27.9.